The van der Waals surface area contributed by atoms with E-state index in [1.807, 2.05) is 4.90 Å². The van der Waals surface area contributed by atoms with Crippen LogP contribution in [0.1, 0.15) is 25.7 Å². The quantitative estimate of drug-likeness (QED) is 0.806. The van der Waals surface area contributed by atoms with Crippen LogP contribution in [-0.2, 0) is 4.79 Å². The first-order valence-electron chi connectivity index (χ1n) is 6.54. The Labute approximate surface area is 106 Å². The Balaban J connectivity index is 1.49. The normalized spacial score (nSPS) is 20.8. The fraction of sp³-hybridized carbons (Fsp3) is 0.615. The molecular formula is C13H17N3O2. The van der Waals surface area contributed by atoms with Crippen LogP contribution in [0.15, 0.2) is 18.6 Å². The highest BCUT2D eigenvalue weighted by Gasteiger charge is 2.35. The maximum absolute atomic E-state index is 11.9. The van der Waals surface area contributed by atoms with Crippen molar-refractivity contribution in [1.82, 2.24) is 14.9 Å². The van der Waals surface area contributed by atoms with E-state index in [0.717, 1.165) is 38.8 Å². The van der Waals surface area contributed by atoms with Gasteiger partial charge >= 0.3 is 0 Å². The van der Waals surface area contributed by atoms with Gasteiger partial charge in [-0.15, -0.1) is 0 Å². The predicted octanol–water partition coefficient (Wildman–Crippen LogP) is 1.26. The summed E-state index contributed by atoms with van der Waals surface area (Å²) in [7, 11) is 0. The summed E-state index contributed by atoms with van der Waals surface area (Å²) in [6, 6.07) is 0. The molecule has 0 spiro atoms. The molecule has 3 rings (SSSR count). The zero-order valence-corrected chi connectivity index (χ0v) is 10.3. The molecule has 0 aromatic carbocycles. The van der Waals surface area contributed by atoms with Crippen LogP contribution in [0.5, 0.6) is 5.88 Å². The maximum atomic E-state index is 11.9. The number of ether oxygens (including phenoxy) is 1. The molecule has 5 nitrogen and oxygen atoms in total. The van der Waals surface area contributed by atoms with E-state index in [1.165, 1.54) is 0 Å². The van der Waals surface area contributed by atoms with Gasteiger partial charge in [-0.2, -0.15) is 0 Å². The van der Waals surface area contributed by atoms with Gasteiger partial charge in [0.25, 0.3) is 0 Å². The Morgan fingerprint density at radius 2 is 2.00 bits per heavy atom. The molecule has 5 heteroatoms. The molecule has 1 saturated heterocycles. The van der Waals surface area contributed by atoms with Crippen LogP contribution < -0.4 is 4.74 Å². The number of piperidine rings is 1. The van der Waals surface area contributed by atoms with E-state index < -0.39 is 0 Å². The molecule has 2 heterocycles. The van der Waals surface area contributed by atoms with Crippen molar-refractivity contribution in [3.05, 3.63) is 18.6 Å². The molecule has 18 heavy (non-hydrogen) atoms. The van der Waals surface area contributed by atoms with Crippen LogP contribution >= 0.6 is 0 Å². The van der Waals surface area contributed by atoms with Gasteiger partial charge in [0, 0.05) is 44.2 Å². The van der Waals surface area contributed by atoms with Crippen molar-refractivity contribution >= 4 is 5.91 Å². The van der Waals surface area contributed by atoms with Crippen molar-refractivity contribution in [3.8, 4) is 5.88 Å². The van der Waals surface area contributed by atoms with E-state index in [9.17, 15) is 4.79 Å². The maximum Gasteiger partial charge on any atom is 0.232 e. The Bertz CT molecular complexity index is 412. The molecule has 1 aliphatic carbocycles. The highest BCUT2D eigenvalue weighted by atomic mass is 16.5. The second kappa shape index (κ2) is 4.92. The van der Waals surface area contributed by atoms with Crippen LogP contribution in [-0.4, -0.2) is 40.0 Å². The summed E-state index contributed by atoms with van der Waals surface area (Å²) in [6.07, 6.45) is 8.96. The zero-order chi connectivity index (χ0) is 12.4. The van der Waals surface area contributed by atoms with Gasteiger partial charge in [0.1, 0.15) is 6.10 Å². The number of carbonyl (C=O) groups excluding carboxylic acids is 1. The lowest BCUT2D eigenvalue weighted by Gasteiger charge is -2.32. The number of hydrogen-bond donors (Lipinski definition) is 0. The van der Waals surface area contributed by atoms with Gasteiger partial charge in [0.05, 0.1) is 6.20 Å². The number of aromatic nitrogens is 2. The third kappa shape index (κ3) is 2.60. The second-order valence-corrected chi connectivity index (χ2v) is 4.96. The minimum atomic E-state index is 0.157. The summed E-state index contributed by atoms with van der Waals surface area (Å²) in [6.45, 7) is 1.61. The third-order valence-corrected chi connectivity index (χ3v) is 3.51. The van der Waals surface area contributed by atoms with Gasteiger partial charge in [-0.25, -0.2) is 4.98 Å². The van der Waals surface area contributed by atoms with Crippen LogP contribution in [0, 0.1) is 5.92 Å². The molecule has 1 aromatic rings. The van der Waals surface area contributed by atoms with Gasteiger partial charge in [0.2, 0.25) is 11.8 Å². The molecule has 1 aromatic heterocycles. The molecule has 0 bridgehead atoms. The fourth-order valence-electron chi connectivity index (χ4n) is 2.30. The highest BCUT2D eigenvalue weighted by Crippen LogP contribution is 2.32. The van der Waals surface area contributed by atoms with E-state index in [4.69, 9.17) is 4.74 Å². The van der Waals surface area contributed by atoms with E-state index in [1.54, 1.807) is 18.6 Å². The van der Waals surface area contributed by atoms with Crippen molar-refractivity contribution in [2.24, 2.45) is 5.92 Å². The number of nitrogens with zero attached hydrogens (tertiary/aromatic N) is 3. The van der Waals surface area contributed by atoms with E-state index >= 15 is 0 Å². The van der Waals surface area contributed by atoms with Crippen molar-refractivity contribution in [1.29, 1.82) is 0 Å². The summed E-state index contributed by atoms with van der Waals surface area (Å²) < 4.78 is 5.75. The topological polar surface area (TPSA) is 55.3 Å². The van der Waals surface area contributed by atoms with Crippen molar-refractivity contribution in [2.45, 2.75) is 31.8 Å². The van der Waals surface area contributed by atoms with Crippen molar-refractivity contribution in [3.63, 3.8) is 0 Å². The third-order valence-electron chi connectivity index (χ3n) is 3.51. The molecule has 0 N–H and O–H groups in total. The summed E-state index contributed by atoms with van der Waals surface area (Å²) in [4.78, 5) is 21.9. The average molecular weight is 247 g/mol. The number of likely N-dealkylation sites (tertiary alicyclic amines) is 1. The minimum Gasteiger partial charge on any atom is -0.473 e. The summed E-state index contributed by atoms with van der Waals surface area (Å²) in [5.41, 5.74) is 0. The first-order chi connectivity index (χ1) is 8.83. The Hall–Kier alpha value is -1.65. The lowest BCUT2D eigenvalue weighted by molar-refractivity contribution is -0.134. The molecule has 1 amide bonds. The minimum absolute atomic E-state index is 0.157. The second-order valence-electron chi connectivity index (χ2n) is 4.96. The highest BCUT2D eigenvalue weighted by molar-refractivity contribution is 5.81. The van der Waals surface area contributed by atoms with Gasteiger partial charge in [-0.05, 0) is 12.8 Å². The molecule has 0 atom stereocenters. The molecule has 0 unspecified atom stereocenters. The van der Waals surface area contributed by atoms with E-state index in [0.29, 0.717) is 17.7 Å². The van der Waals surface area contributed by atoms with Gasteiger partial charge in [-0.3, -0.25) is 9.78 Å². The van der Waals surface area contributed by atoms with Crippen LogP contribution in [0.4, 0.5) is 0 Å². The first-order valence-corrected chi connectivity index (χ1v) is 6.54. The lowest BCUT2D eigenvalue weighted by Crippen LogP contribution is -2.42. The molecular weight excluding hydrogens is 230 g/mol. The van der Waals surface area contributed by atoms with Gasteiger partial charge < -0.3 is 9.64 Å². The zero-order valence-electron chi connectivity index (χ0n) is 10.3. The lowest BCUT2D eigenvalue weighted by atomic mass is 10.1. The number of amides is 1. The molecule has 1 saturated carbocycles. The molecule has 2 aliphatic rings. The monoisotopic (exact) mass is 247 g/mol. The molecule has 1 aliphatic heterocycles. The smallest absolute Gasteiger partial charge is 0.232 e. The summed E-state index contributed by atoms with van der Waals surface area (Å²) in [5.74, 6) is 1.24. The van der Waals surface area contributed by atoms with Crippen LogP contribution in [0.2, 0.25) is 0 Å². The predicted molar refractivity (Wildman–Crippen MR) is 65.0 cm³/mol. The fourth-order valence-corrected chi connectivity index (χ4v) is 2.30. The Morgan fingerprint density at radius 3 is 2.61 bits per heavy atom. The van der Waals surface area contributed by atoms with E-state index in [-0.39, 0.29) is 6.10 Å². The largest absolute Gasteiger partial charge is 0.473 e. The SMILES string of the molecule is O=C(C1CC1)N1CCC(Oc2cnccn2)CC1. The van der Waals surface area contributed by atoms with Crippen molar-refractivity contribution in [2.75, 3.05) is 13.1 Å². The molecule has 96 valence electrons. The Kier molecular flexibility index (Phi) is 3.13. The van der Waals surface area contributed by atoms with Crippen LogP contribution in [0.3, 0.4) is 0 Å². The van der Waals surface area contributed by atoms with Gasteiger partial charge in [-0.1, -0.05) is 0 Å². The molecule has 2 fully saturated rings. The number of carbonyl (C=O) groups is 1. The van der Waals surface area contributed by atoms with Crippen LogP contribution in [0.25, 0.3) is 0 Å². The summed E-state index contributed by atoms with van der Waals surface area (Å²) in [5, 5.41) is 0. The number of rotatable bonds is 3. The standard InChI is InChI=1S/C13H17N3O2/c17-13(10-1-2-10)16-7-3-11(4-8-16)18-12-9-14-5-6-15-12/h5-6,9-11H,1-4,7-8H2. The van der Waals surface area contributed by atoms with E-state index in [2.05, 4.69) is 9.97 Å². The van der Waals surface area contributed by atoms with Crippen molar-refractivity contribution < 1.29 is 9.53 Å². The number of hydrogen-bond acceptors (Lipinski definition) is 4. The molecule has 0 radical (unpaired) electrons. The Morgan fingerprint density at radius 1 is 1.22 bits per heavy atom. The average Bonchev–Trinajstić information content (AvgIpc) is 3.24. The first kappa shape index (κ1) is 11.4. The van der Waals surface area contributed by atoms with Gasteiger partial charge in [0.15, 0.2) is 0 Å². The summed E-state index contributed by atoms with van der Waals surface area (Å²) >= 11 is 0.